The predicted octanol–water partition coefficient (Wildman–Crippen LogP) is 4.60. The van der Waals surface area contributed by atoms with Crippen molar-refractivity contribution in [2.24, 2.45) is 5.92 Å². The number of hydrogen-bond donors (Lipinski definition) is 1. The van der Waals surface area contributed by atoms with E-state index in [2.05, 4.69) is 4.98 Å². The highest BCUT2D eigenvalue weighted by atomic mass is 32.2. The van der Waals surface area contributed by atoms with Gasteiger partial charge in [-0.2, -0.15) is 0 Å². The van der Waals surface area contributed by atoms with Gasteiger partial charge in [0.15, 0.2) is 5.58 Å². The normalized spacial score (nSPS) is 26.5. The lowest BCUT2D eigenvalue weighted by Gasteiger charge is -2.52. The van der Waals surface area contributed by atoms with Crippen LogP contribution in [0.2, 0.25) is 0 Å². The zero-order valence-corrected chi connectivity index (χ0v) is 17.7. The monoisotopic (exact) mass is 422 g/mol. The minimum Gasteiger partial charge on any atom is -0.431 e. The number of aromatic nitrogens is 1. The first-order chi connectivity index (χ1) is 14.6. The van der Waals surface area contributed by atoms with Crippen molar-refractivity contribution in [1.29, 1.82) is 0 Å². The van der Waals surface area contributed by atoms with E-state index in [4.69, 9.17) is 4.42 Å². The molecule has 6 heteroatoms. The largest absolute Gasteiger partial charge is 0.431 e. The molecule has 0 radical (unpaired) electrons. The molecule has 2 heterocycles. The van der Waals surface area contributed by atoms with Crippen LogP contribution in [-0.2, 0) is 10.4 Å². The van der Waals surface area contributed by atoms with E-state index in [9.17, 15) is 9.90 Å². The quantitative estimate of drug-likeness (QED) is 0.623. The predicted molar refractivity (Wildman–Crippen MR) is 117 cm³/mol. The first-order valence-corrected chi connectivity index (χ1v) is 11.7. The van der Waals surface area contributed by atoms with Crippen LogP contribution in [0.25, 0.3) is 11.1 Å². The van der Waals surface area contributed by atoms with Gasteiger partial charge in [-0.05, 0) is 37.0 Å². The lowest BCUT2D eigenvalue weighted by molar-refractivity contribution is -0.152. The molecule has 5 rings (SSSR count). The van der Waals surface area contributed by atoms with E-state index in [-0.39, 0.29) is 17.9 Å². The molecule has 1 saturated heterocycles. The van der Waals surface area contributed by atoms with Gasteiger partial charge >= 0.3 is 0 Å². The number of aliphatic hydroxyl groups is 1. The number of carbonyl (C=O) groups is 1. The van der Waals surface area contributed by atoms with Crippen LogP contribution < -0.4 is 0 Å². The molecule has 1 aliphatic carbocycles. The Balaban J connectivity index is 1.31. The van der Waals surface area contributed by atoms with Crippen LogP contribution in [0, 0.1) is 5.92 Å². The number of rotatable bonds is 4. The van der Waals surface area contributed by atoms with Gasteiger partial charge in [-0.15, -0.1) is 0 Å². The minimum absolute atomic E-state index is 0.0840. The summed E-state index contributed by atoms with van der Waals surface area (Å²) in [6.07, 6.45) is 4.71. The van der Waals surface area contributed by atoms with Gasteiger partial charge in [0, 0.05) is 18.5 Å². The molecular weight excluding hydrogens is 396 g/mol. The number of nitrogens with zero attached hydrogens (tertiary/aromatic N) is 2. The lowest BCUT2D eigenvalue weighted by atomic mass is 9.66. The number of hydrogen-bond acceptors (Lipinski definition) is 5. The maximum absolute atomic E-state index is 13.1. The van der Waals surface area contributed by atoms with Gasteiger partial charge < -0.3 is 14.4 Å². The van der Waals surface area contributed by atoms with Crippen molar-refractivity contribution in [3.05, 3.63) is 60.2 Å². The molecule has 1 aliphatic heterocycles. The second-order valence-corrected chi connectivity index (χ2v) is 9.25. The highest BCUT2D eigenvalue weighted by Crippen LogP contribution is 2.47. The van der Waals surface area contributed by atoms with Crippen LogP contribution in [0.1, 0.15) is 37.7 Å². The molecular formula is C24H26N2O3S. The number of amides is 1. The van der Waals surface area contributed by atoms with Crippen LogP contribution in [0.4, 0.5) is 0 Å². The first kappa shape index (κ1) is 19.6. The molecule has 0 bridgehead atoms. The van der Waals surface area contributed by atoms with Crippen molar-refractivity contribution in [3.8, 4) is 0 Å². The van der Waals surface area contributed by atoms with E-state index < -0.39 is 5.60 Å². The molecule has 30 heavy (non-hydrogen) atoms. The summed E-state index contributed by atoms with van der Waals surface area (Å²) in [4.78, 5) is 19.6. The molecule has 1 saturated carbocycles. The van der Waals surface area contributed by atoms with E-state index in [1.807, 2.05) is 59.5 Å². The van der Waals surface area contributed by atoms with Crippen LogP contribution in [0.5, 0.6) is 0 Å². The van der Waals surface area contributed by atoms with Crippen molar-refractivity contribution in [1.82, 2.24) is 9.88 Å². The van der Waals surface area contributed by atoms with Gasteiger partial charge in [0.25, 0.3) is 5.22 Å². The fraction of sp³-hybridized carbons (Fsp3) is 0.417. The molecule has 1 amide bonds. The summed E-state index contributed by atoms with van der Waals surface area (Å²) in [5, 5.41) is 12.2. The number of oxazole rings is 1. The Morgan fingerprint density at radius 1 is 1.13 bits per heavy atom. The van der Waals surface area contributed by atoms with Crippen molar-refractivity contribution >= 4 is 28.8 Å². The van der Waals surface area contributed by atoms with Crippen molar-refractivity contribution < 1.29 is 14.3 Å². The smallest absolute Gasteiger partial charge is 0.257 e. The summed E-state index contributed by atoms with van der Waals surface area (Å²) in [6, 6.07) is 17.7. The summed E-state index contributed by atoms with van der Waals surface area (Å²) in [5.74, 6) is 0.495. The topological polar surface area (TPSA) is 66.6 Å². The van der Waals surface area contributed by atoms with Crippen LogP contribution in [0.3, 0.4) is 0 Å². The highest BCUT2D eigenvalue weighted by molar-refractivity contribution is 7.99. The first-order valence-electron chi connectivity index (χ1n) is 10.7. The third kappa shape index (κ3) is 3.52. The maximum Gasteiger partial charge on any atom is 0.257 e. The molecule has 2 fully saturated rings. The van der Waals surface area contributed by atoms with E-state index in [1.54, 1.807) is 0 Å². The second kappa shape index (κ2) is 8.08. The Labute approximate surface area is 180 Å². The summed E-state index contributed by atoms with van der Waals surface area (Å²) in [5.41, 5.74) is 1.68. The Hall–Kier alpha value is -2.31. The molecule has 1 unspecified atom stereocenters. The summed E-state index contributed by atoms with van der Waals surface area (Å²) < 4.78 is 5.74. The molecule has 5 nitrogen and oxygen atoms in total. The van der Waals surface area contributed by atoms with Crippen molar-refractivity contribution in [3.63, 3.8) is 0 Å². The molecule has 2 aromatic carbocycles. The molecule has 0 spiro atoms. The number of para-hydroxylation sites is 2. The number of piperidine rings is 1. The molecule has 2 aliphatic rings. The Kier molecular flexibility index (Phi) is 5.29. The zero-order chi connectivity index (χ0) is 20.6. The summed E-state index contributed by atoms with van der Waals surface area (Å²) >= 11 is 1.35. The third-order valence-corrected chi connectivity index (χ3v) is 7.48. The Bertz CT molecular complexity index is 1000. The summed E-state index contributed by atoms with van der Waals surface area (Å²) in [7, 11) is 0. The summed E-state index contributed by atoms with van der Waals surface area (Å²) in [6.45, 7) is 0.583. The van der Waals surface area contributed by atoms with Crippen LogP contribution in [-0.4, -0.2) is 39.2 Å². The Morgan fingerprint density at radius 3 is 2.73 bits per heavy atom. The van der Waals surface area contributed by atoms with E-state index in [0.29, 0.717) is 23.9 Å². The molecule has 3 aromatic rings. The fourth-order valence-electron chi connectivity index (χ4n) is 5.20. The third-order valence-electron chi connectivity index (χ3n) is 6.66. The SMILES string of the molecule is O=C(CSc1nc2ccccc2o1)N1CCC(O)(c2ccccc2)[C@H]2CCCC[C@H]21. The van der Waals surface area contributed by atoms with Crippen LogP contribution >= 0.6 is 11.8 Å². The van der Waals surface area contributed by atoms with Crippen LogP contribution in [0.15, 0.2) is 64.2 Å². The van der Waals surface area contributed by atoms with Gasteiger partial charge in [0.2, 0.25) is 5.91 Å². The minimum atomic E-state index is -0.851. The lowest BCUT2D eigenvalue weighted by Crippen LogP contribution is -2.59. The zero-order valence-electron chi connectivity index (χ0n) is 16.9. The number of benzene rings is 2. The second-order valence-electron chi connectivity index (χ2n) is 8.32. The average Bonchev–Trinajstić information content (AvgIpc) is 3.22. The van der Waals surface area contributed by atoms with E-state index in [1.165, 1.54) is 11.8 Å². The van der Waals surface area contributed by atoms with Gasteiger partial charge in [-0.25, -0.2) is 4.98 Å². The number of likely N-dealkylation sites (tertiary alicyclic amines) is 1. The van der Waals surface area contributed by atoms with Gasteiger partial charge in [-0.3, -0.25) is 4.79 Å². The average molecular weight is 423 g/mol. The number of carbonyl (C=O) groups excluding carboxylic acids is 1. The molecule has 1 N–H and O–H groups in total. The van der Waals surface area contributed by atoms with Crippen molar-refractivity contribution in [2.45, 2.75) is 49.0 Å². The standard InChI is InChI=1S/C24H26N2O3S/c27-22(16-30-23-25-19-11-5-7-13-21(19)29-23)26-15-14-24(28,17-8-2-1-3-9-17)18-10-4-6-12-20(18)26/h1-3,5,7-9,11,13,18,20,28H,4,6,10,12,14-16H2/t18-,20+,24?/m0/s1. The van der Waals surface area contributed by atoms with Gasteiger partial charge in [0.05, 0.1) is 11.4 Å². The molecule has 1 aromatic heterocycles. The Morgan fingerprint density at radius 2 is 1.90 bits per heavy atom. The van der Waals surface area contributed by atoms with Gasteiger partial charge in [-0.1, -0.05) is 67.1 Å². The molecule has 156 valence electrons. The highest BCUT2D eigenvalue weighted by Gasteiger charge is 2.50. The van der Waals surface area contributed by atoms with Crippen molar-refractivity contribution in [2.75, 3.05) is 12.3 Å². The fourth-order valence-corrected chi connectivity index (χ4v) is 5.92. The van der Waals surface area contributed by atoms with E-state index >= 15 is 0 Å². The van der Waals surface area contributed by atoms with E-state index in [0.717, 1.165) is 42.3 Å². The number of thioether (sulfide) groups is 1. The maximum atomic E-state index is 13.1. The molecule has 3 atom stereocenters. The van der Waals surface area contributed by atoms with Gasteiger partial charge in [0.1, 0.15) is 5.52 Å². The number of fused-ring (bicyclic) bond motifs is 2.